The molecule has 0 saturated carbocycles. The first-order valence-electron chi connectivity index (χ1n) is 7.83. The predicted molar refractivity (Wildman–Crippen MR) is 92.6 cm³/mol. The molecule has 2 aromatic rings. The number of amides is 1. The van der Waals surface area contributed by atoms with Crippen molar-refractivity contribution in [2.75, 3.05) is 25.0 Å². The molecule has 1 atom stereocenters. The minimum atomic E-state index is -0.312. The van der Waals surface area contributed by atoms with Gasteiger partial charge >= 0.3 is 0 Å². The molecule has 6 heteroatoms. The number of benzene rings is 1. The number of rotatable bonds is 4. The summed E-state index contributed by atoms with van der Waals surface area (Å²) in [4.78, 5) is 18.7. The van der Waals surface area contributed by atoms with Crippen LogP contribution in [0.25, 0.3) is 11.3 Å². The van der Waals surface area contributed by atoms with Gasteiger partial charge in [0.05, 0.1) is 23.4 Å². The molecule has 5 nitrogen and oxygen atoms in total. The van der Waals surface area contributed by atoms with Gasteiger partial charge < -0.3 is 10.4 Å². The van der Waals surface area contributed by atoms with Crippen LogP contribution in [0.4, 0.5) is 5.69 Å². The van der Waals surface area contributed by atoms with E-state index in [-0.39, 0.29) is 12.0 Å². The van der Waals surface area contributed by atoms with Crippen molar-refractivity contribution in [2.45, 2.75) is 25.9 Å². The first kappa shape index (κ1) is 16.1. The summed E-state index contributed by atoms with van der Waals surface area (Å²) in [5.41, 5.74) is 2.71. The highest BCUT2D eigenvalue weighted by atomic mass is 32.1. The second-order valence-electron chi connectivity index (χ2n) is 5.91. The molecule has 1 aliphatic rings. The number of aliphatic hydroxyl groups excluding tert-OH is 1. The number of likely N-dealkylation sites (tertiary alicyclic amines) is 1. The number of piperidine rings is 1. The van der Waals surface area contributed by atoms with E-state index >= 15 is 0 Å². The standard InChI is InChI=1S/C17H21N3O2S/c1-12-18-16(11-23-12)13-4-2-5-14(8-13)19-17(22)10-20-7-3-6-15(21)9-20/h2,4-5,8,11,15,21H,3,6-7,9-10H2,1H3,(H,19,22). The van der Waals surface area contributed by atoms with Gasteiger partial charge in [-0.2, -0.15) is 0 Å². The van der Waals surface area contributed by atoms with Gasteiger partial charge in [-0.05, 0) is 38.4 Å². The molecule has 0 spiro atoms. The summed E-state index contributed by atoms with van der Waals surface area (Å²) in [6.07, 6.45) is 1.45. The zero-order chi connectivity index (χ0) is 16.2. The molecule has 2 heterocycles. The average molecular weight is 331 g/mol. The number of aliphatic hydroxyl groups is 1. The van der Waals surface area contributed by atoms with Gasteiger partial charge in [0.2, 0.25) is 5.91 Å². The summed E-state index contributed by atoms with van der Waals surface area (Å²) in [5, 5.41) is 15.6. The molecule has 0 bridgehead atoms. The molecular weight excluding hydrogens is 310 g/mol. The lowest BCUT2D eigenvalue weighted by atomic mass is 10.1. The summed E-state index contributed by atoms with van der Waals surface area (Å²) in [6, 6.07) is 7.73. The fourth-order valence-electron chi connectivity index (χ4n) is 2.83. The summed E-state index contributed by atoms with van der Waals surface area (Å²) < 4.78 is 0. The number of thiazole rings is 1. The van der Waals surface area contributed by atoms with Crippen LogP contribution in [0.3, 0.4) is 0 Å². The van der Waals surface area contributed by atoms with E-state index in [1.165, 1.54) is 0 Å². The van der Waals surface area contributed by atoms with Crippen LogP contribution in [0.15, 0.2) is 29.6 Å². The lowest BCUT2D eigenvalue weighted by Crippen LogP contribution is -2.42. The van der Waals surface area contributed by atoms with E-state index in [2.05, 4.69) is 10.3 Å². The van der Waals surface area contributed by atoms with E-state index < -0.39 is 0 Å². The largest absolute Gasteiger partial charge is 0.392 e. The minimum absolute atomic E-state index is 0.0503. The van der Waals surface area contributed by atoms with Crippen LogP contribution in [0.2, 0.25) is 0 Å². The highest BCUT2D eigenvalue weighted by Crippen LogP contribution is 2.24. The fourth-order valence-corrected chi connectivity index (χ4v) is 3.45. The van der Waals surface area contributed by atoms with Gasteiger partial charge in [0, 0.05) is 23.2 Å². The molecule has 1 aromatic heterocycles. The molecule has 1 amide bonds. The highest BCUT2D eigenvalue weighted by molar-refractivity contribution is 7.09. The van der Waals surface area contributed by atoms with Crippen molar-refractivity contribution in [1.82, 2.24) is 9.88 Å². The van der Waals surface area contributed by atoms with Crippen LogP contribution in [-0.4, -0.2) is 46.6 Å². The first-order chi connectivity index (χ1) is 11.1. The Balaban J connectivity index is 1.62. The Morgan fingerprint density at radius 1 is 1.52 bits per heavy atom. The van der Waals surface area contributed by atoms with Gasteiger partial charge in [-0.1, -0.05) is 12.1 Å². The second kappa shape index (κ2) is 7.21. The smallest absolute Gasteiger partial charge is 0.238 e. The molecule has 0 aliphatic carbocycles. The van der Waals surface area contributed by atoms with E-state index in [4.69, 9.17) is 0 Å². The van der Waals surface area contributed by atoms with Crippen LogP contribution >= 0.6 is 11.3 Å². The SMILES string of the molecule is Cc1nc(-c2cccc(NC(=O)CN3CCCC(O)C3)c2)cs1. The first-order valence-corrected chi connectivity index (χ1v) is 8.71. The summed E-state index contributed by atoms with van der Waals surface area (Å²) >= 11 is 1.61. The van der Waals surface area contributed by atoms with Gasteiger partial charge in [-0.15, -0.1) is 11.3 Å². The summed E-state index contributed by atoms with van der Waals surface area (Å²) in [7, 11) is 0. The van der Waals surface area contributed by atoms with Crippen LogP contribution < -0.4 is 5.32 Å². The van der Waals surface area contributed by atoms with E-state index in [1.807, 2.05) is 41.5 Å². The highest BCUT2D eigenvalue weighted by Gasteiger charge is 2.19. The lowest BCUT2D eigenvalue weighted by Gasteiger charge is -2.29. The number of anilines is 1. The molecule has 1 aliphatic heterocycles. The van der Waals surface area contributed by atoms with Gasteiger partial charge in [-0.25, -0.2) is 4.98 Å². The molecule has 1 saturated heterocycles. The molecule has 1 fully saturated rings. The maximum Gasteiger partial charge on any atom is 0.238 e. The molecule has 0 radical (unpaired) electrons. The molecule has 1 aromatic carbocycles. The Hall–Kier alpha value is -1.76. The number of carbonyl (C=O) groups excluding carboxylic acids is 1. The lowest BCUT2D eigenvalue weighted by molar-refractivity contribution is -0.118. The molecule has 3 rings (SSSR count). The Bertz CT molecular complexity index is 686. The predicted octanol–water partition coefficient (Wildman–Crippen LogP) is 2.51. The summed E-state index contributed by atoms with van der Waals surface area (Å²) in [6.45, 7) is 3.73. The van der Waals surface area contributed by atoms with Crippen molar-refractivity contribution in [3.05, 3.63) is 34.7 Å². The summed E-state index contributed by atoms with van der Waals surface area (Å²) in [5.74, 6) is -0.0503. The monoisotopic (exact) mass is 331 g/mol. The Morgan fingerprint density at radius 3 is 3.13 bits per heavy atom. The van der Waals surface area contributed by atoms with Crippen molar-refractivity contribution in [3.8, 4) is 11.3 Å². The van der Waals surface area contributed by atoms with Crippen molar-refractivity contribution in [2.24, 2.45) is 0 Å². The van der Waals surface area contributed by atoms with Crippen LogP contribution in [0.1, 0.15) is 17.8 Å². The maximum absolute atomic E-state index is 12.2. The third-order valence-corrected chi connectivity index (χ3v) is 4.68. The van der Waals surface area contributed by atoms with Gasteiger partial charge in [-0.3, -0.25) is 9.69 Å². The zero-order valence-corrected chi connectivity index (χ0v) is 14.0. The normalized spacial score (nSPS) is 18.8. The van der Waals surface area contributed by atoms with Gasteiger partial charge in [0.25, 0.3) is 0 Å². The molecular formula is C17H21N3O2S. The number of carbonyl (C=O) groups is 1. The number of hydrogen-bond donors (Lipinski definition) is 2. The number of β-amino-alcohol motifs (C(OH)–C–C–N with tert-alkyl or cyclic N) is 1. The zero-order valence-electron chi connectivity index (χ0n) is 13.2. The second-order valence-corrected chi connectivity index (χ2v) is 6.97. The van der Waals surface area contributed by atoms with Crippen LogP contribution in [-0.2, 0) is 4.79 Å². The quantitative estimate of drug-likeness (QED) is 0.903. The van der Waals surface area contributed by atoms with Crippen molar-refractivity contribution in [3.63, 3.8) is 0 Å². The maximum atomic E-state index is 12.2. The third kappa shape index (κ3) is 4.37. The Labute approximate surface area is 140 Å². The number of aromatic nitrogens is 1. The van der Waals surface area contributed by atoms with Crippen molar-refractivity contribution in [1.29, 1.82) is 0 Å². The molecule has 2 N–H and O–H groups in total. The Morgan fingerprint density at radius 2 is 2.39 bits per heavy atom. The van der Waals surface area contributed by atoms with E-state index in [9.17, 15) is 9.90 Å². The third-order valence-electron chi connectivity index (χ3n) is 3.91. The van der Waals surface area contributed by atoms with Crippen molar-refractivity contribution >= 4 is 22.9 Å². The number of nitrogens with one attached hydrogen (secondary N) is 1. The van der Waals surface area contributed by atoms with E-state index in [1.54, 1.807) is 11.3 Å². The Kier molecular flexibility index (Phi) is 5.05. The van der Waals surface area contributed by atoms with Crippen molar-refractivity contribution < 1.29 is 9.90 Å². The van der Waals surface area contributed by atoms with Gasteiger partial charge in [0.15, 0.2) is 0 Å². The number of aryl methyl sites for hydroxylation is 1. The van der Waals surface area contributed by atoms with E-state index in [0.29, 0.717) is 13.1 Å². The van der Waals surface area contributed by atoms with Crippen LogP contribution in [0, 0.1) is 6.92 Å². The van der Waals surface area contributed by atoms with E-state index in [0.717, 1.165) is 41.3 Å². The van der Waals surface area contributed by atoms with Gasteiger partial charge in [0.1, 0.15) is 0 Å². The number of hydrogen-bond acceptors (Lipinski definition) is 5. The minimum Gasteiger partial charge on any atom is -0.392 e. The number of nitrogens with zero attached hydrogens (tertiary/aromatic N) is 2. The van der Waals surface area contributed by atoms with Crippen LogP contribution in [0.5, 0.6) is 0 Å². The fraction of sp³-hybridized carbons (Fsp3) is 0.412. The molecule has 122 valence electrons. The molecule has 23 heavy (non-hydrogen) atoms. The average Bonchev–Trinajstić information content (AvgIpc) is 2.94. The molecule has 1 unspecified atom stereocenters. The topological polar surface area (TPSA) is 65.5 Å².